The van der Waals surface area contributed by atoms with Gasteiger partial charge in [-0.25, -0.2) is 0 Å². The van der Waals surface area contributed by atoms with E-state index in [4.69, 9.17) is 4.74 Å². The van der Waals surface area contributed by atoms with Gasteiger partial charge in [-0.3, -0.25) is 9.59 Å². The third-order valence-electron chi connectivity index (χ3n) is 5.30. The van der Waals surface area contributed by atoms with Crippen molar-refractivity contribution in [2.75, 3.05) is 13.2 Å². The molecule has 32 heavy (non-hydrogen) atoms. The monoisotopic (exact) mass is 502 g/mol. The summed E-state index contributed by atoms with van der Waals surface area (Å²) in [5, 5.41) is 2.89. The van der Waals surface area contributed by atoms with Crippen LogP contribution in [0.4, 0.5) is 0 Å². The predicted octanol–water partition coefficient (Wildman–Crippen LogP) is 5.38. The van der Waals surface area contributed by atoms with E-state index < -0.39 is 6.04 Å². The molecule has 5 nitrogen and oxygen atoms in total. The quantitative estimate of drug-likeness (QED) is 0.500. The summed E-state index contributed by atoms with van der Waals surface area (Å²) < 4.78 is 6.65. The molecule has 0 spiro atoms. The van der Waals surface area contributed by atoms with E-state index in [2.05, 4.69) is 42.0 Å². The first-order chi connectivity index (χ1) is 15.0. The van der Waals surface area contributed by atoms with Crippen LogP contribution in [0.15, 0.2) is 46.9 Å². The number of ether oxygens (including phenoxy) is 1. The van der Waals surface area contributed by atoms with Crippen LogP contribution in [0.1, 0.15) is 57.7 Å². The fraction of sp³-hybridized carbons (Fsp3) is 0.462. The van der Waals surface area contributed by atoms with Gasteiger partial charge in [0.2, 0.25) is 5.91 Å². The number of rotatable bonds is 9. The molecule has 0 heterocycles. The molecule has 1 N–H and O–H groups in total. The lowest BCUT2D eigenvalue weighted by atomic mass is 9.87. The van der Waals surface area contributed by atoms with Gasteiger partial charge in [-0.2, -0.15) is 0 Å². The third kappa shape index (κ3) is 7.37. The van der Waals surface area contributed by atoms with Gasteiger partial charge in [0.25, 0.3) is 5.91 Å². The van der Waals surface area contributed by atoms with Crippen molar-refractivity contribution < 1.29 is 14.3 Å². The minimum atomic E-state index is -0.607. The maximum absolute atomic E-state index is 13.2. The molecule has 0 radical (unpaired) electrons. The zero-order valence-corrected chi connectivity index (χ0v) is 21.6. The van der Waals surface area contributed by atoms with Crippen molar-refractivity contribution in [2.45, 2.75) is 66.0 Å². The van der Waals surface area contributed by atoms with Crippen molar-refractivity contribution in [2.24, 2.45) is 0 Å². The second-order valence-corrected chi connectivity index (χ2v) is 10.0. The number of hydrogen-bond donors (Lipinski definition) is 1. The zero-order valence-electron chi connectivity index (χ0n) is 20.0. The summed E-state index contributed by atoms with van der Waals surface area (Å²) in [6, 6.07) is 13.3. The SMILES string of the molecule is CCCNC(=O)[C@@H](C)N(Cc1cccc(C)c1)C(=O)COc1ccc(C(C)(C)C)cc1Br. The van der Waals surface area contributed by atoms with Crippen LogP contribution >= 0.6 is 15.9 Å². The van der Waals surface area contributed by atoms with Crippen molar-refractivity contribution >= 4 is 27.7 Å². The largest absolute Gasteiger partial charge is 0.483 e. The number of nitrogens with one attached hydrogen (secondary N) is 1. The maximum atomic E-state index is 13.2. The molecule has 0 aliphatic heterocycles. The van der Waals surface area contributed by atoms with Gasteiger partial charge in [-0.1, -0.05) is 63.6 Å². The highest BCUT2D eigenvalue weighted by Crippen LogP contribution is 2.31. The lowest BCUT2D eigenvalue weighted by molar-refractivity contribution is -0.142. The standard InChI is InChI=1S/C26H35BrN2O3/c1-7-13-28-25(31)19(3)29(16-20-10-8-9-18(2)14-20)24(30)17-32-23-12-11-21(15-22(23)27)26(4,5)6/h8-12,14-15,19H,7,13,16-17H2,1-6H3,(H,28,31)/t19-/m1/s1. The van der Waals surface area contributed by atoms with Crippen molar-refractivity contribution in [3.05, 3.63) is 63.6 Å². The highest BCUT2D eigenvalue weighted by molar-refractivity contribution is 9.10. The van der Waals surface area contributed by atoms with Crippen LogP contribution in [0.3, 0.4) is 0 Å². The average Bonchev–Trinajstić information content (AvgIpc) is 2.73. The number of aryl methyl sites for hydroxylation is 1. The van der Waals surface area contributed by atoms with Gasteiger partial charge in [0.15, 0.2) is 6.61 Å². The summed E-state index contributed by atoms with van der Waals surface area (Å²) in [6.45, 7) is 13.0. The lowest BCUT2D eigenvalue weighted by Crippen LogP contribution is -2.49. The topological polar surface area (TPSA) is 58.6 Å². The van der Waals surface area contributed by atoms with E-state index in [0.29, 0.717) is 18.8 Å². The van der Waals surface area contributed by atoms with Gasteiger partial charge < -0.3 is 15.0 Å². The van der Waals surface area contributed by atoms with E-state index in [1.165, 1.54) is 5.56 Å². The van der Waals surface area contributed by atoms with Gasteiger partial charge >= 0.3 is 0 Å². The zero-order chi connectivity index (χ0) is 23.9. The summed E-state index contributed by atoms with van der Waals surface area (Å²) in [7, 11) is 0. The summed E-state index contributed by atoms with van der Waals surface area (Å²) in [5.74, 6) is 0.200. The Labute approximate surface area is 200 Å². The molecule has 2 aromatic carbocycles. The molecule has 0 saturated heterocycles. The normalized spacial score (nSPS) is 12.2. The summed E-state index contributed by atoms with van der Waals surface area (Å²) >= 11 is 3.56. The maximum Gasteiger partial charge on any atom is 0.261 e. The molecule has 6 heteroatoms. The summed E-state index contributed by atoms with van der Waals surface area (Å²) in [4.78, 5) is 27.4. The number of carbonyl (C=O) groups is 2. The van der Waals surface area contributed by atoms with Crippen molar-refractivity contribution in [3.63, 3.8) is 0 Å². The van der Waals surface area contributed by atoms with Crippen LogP contribution in [0.2, 0.25) is 0 Å². The van der Waals surface area contributed by atoms with Gasteiger partial charge in [0, 0.05) is 13.1 Å². The van der Waals surface area contributed by atoms with E-state index >= 15 is 0 Å². The van der Waals surface area contributed by atoms with Crippen molar-refractivity contribution in [1.82, 2.24) is 10.2 Å². The fourth-order valence-electron chi connectivity index (χ4n) is 3.29. The molecule has 0 aliphatic carbocycles. The molecule has 1 atom stereocenters. The van der Waals surface area contributed by atoms with Gasteiger partial charge in [-0.15, -0.1) is 0 Å². The molecule has 174 valence electrons. The third-order valence-corrected chi connectivity index (χ3v) is 5.92. The minimum Gasteiger partial charge on any atom is -0.483 e. The summed E-state index contributed by atoms with van der Waals surface area (Å²) in [5.41, 5.74) is 3.27. The molecule has 0 fully saturated rings. The van der Waals surface area contributed by atoms with Gasteiger partial charge in [0.1, 0.15) is 11.8 Å². The van der Waals surface area contributed by atoms with E-state index in [1.807, 2.05) is 56.3 Å². The molecule has 2 amide bonds. The van der Waals surface area contributed by atoms with E-state index in [1.54, 1.807) is 11.8 Å². The number of carbonyl (C=O) groups excluding carboxylic acids is 2. The van der Waals surface area contributed by atoms with Crippen LogP contribution in [-0.2, 0) is 21.5 Å². The number of benzene rings is 2. The number of amides is 2. The highest BCUT2D eigenvalue weighted by Gasteiger charge is 2.26. The first-order valence-corrected chi connectivity index (χ1v) is 11.9. The molecule has 0 aromatic heterocycles. The van der Waals surface area contributed by atoms with Crippen LogP contribution in [0, 0.1) is 6.92 Å². The smallest absolute Gasteiger partial charge is 0.261 e. The highest BCUT2D eigenvalue weighted by atomic mass is 79.9. The van der Waals surface area contributed by atoms with Crippen molar-refractivity contribution in [3.8, 4) is 5.75 Å². The van der Waals surface area contributed by atoms with Crippen molar-refractivity contribution in [1.29, 1.82) is 0 Å². The Kier molecular flexibility index (Phi) is 9.32. The van der Waals surface area contributed by atoms with Crippen LogP contribution < -0.4 is 10.1 Å². The lowest BCUT2D eigenvalue weighted by Gasteiger charge is -2.29. The molecular weight excluding hydrogens is 468 g/mol. The molecule has 0 aliphatic rings. The molecule has 0 saturated carbocycles. The van der Waals surface area contributed by atoms with E-state index in [-0.39, 0.29) is 23.8 Å². The second kappa shape index (κ2) is 11.5. The van der Waals surface area contributed by atoms with Gasteiger partial charge in [0.05, 0.1) is 4.47 Å². The number of hydrogen-bond acceptors (Lipinski definition) is 3. The Morgan fingerprint density at radius 1 is 1.16 bits per heavy atom. The first-order valence-electron chi connectivity index (χ1n) is 11.1. The molecule has 2 aromatic rings. The minimum absolute atomic E-state index is 0.0166. The average molecular weight is 503 g/mol. The fourth-order valence-corrected chi connectivity index (χ4v) is 3.79. The molecular formula is C26H35BrN2O3. The molecule has 0 bridgehead atoms. The molecule has 0 unspecified atom stereocenters. The predicted molar refractivity (Wildman–Crippen MR) is 133 cm³/mol. The number of nitrogens with zero attached hydrogens (tertiary/aromatic N) is 1. The van der Waals surface area contributed by atoms with Crippen LogP contribution in [0.25, 0.3) is 0 Å². The van der Waals surface area contributed by atoms with Crippen LogP contribution in [-0.4, -0.2) is 35.9 Å². The first kappa shape index (κ1) is 25.9. The Morgan fingerprint density at radius 3 is 2.47 bits per heavy atom. The Morgan fingerprint density at radius 2 is 1.88 bits per heavy atom. The Bertz CT molecular complexity index is 937. The second-order valence-electron chi connectivity index (χ2n) is 9.16. The Hall–Kier alpha value is -2.34. The van der Waals surface area contributed by atoms with Crippen LogP contribution in [0.5, 0.6) is 5.75 Å². The molecule has 2 rings (SSSR count). The van der Waals surface area contributed by atoms with E-state index in [0.717, 1.165) is 22.0 Å². The van der Waals surface area contributed by atoms with Gasteiger partial charge in [-0.05, 0) is 64.9 Å². The van der Waals surface area contributed by atoms with E-state index in [9.17, 15) is 9.59 Å². The Balaban J connectivity index is 2.17. The summed E-state index contributed by atoms with van der Waals surface area (Å²) in [6.07, 6.45) is 0.839. The number of halogens is 1.